The highest BCUT2D eigenvalue weighted by molar-refractivity contribution is 5.96. The number of methoxy groups -OCH3 is 2. The Bertz CT molecular complexity index is 1050. The number of benzene rings is 3. The van der Waals surface area contributed by atoms with Gasteiger partial charge in [0.2, 0.25) is 0 Å². The van der Waals surface area contributed by atoms with Crippen molar-refractivity contribution in [3.05, 3.63) is 83.4 Å². The molecule has 3 aromatic carbocycles. The molecular weight excluding hydrogens is 378 g/mol. The minimum Gasteiger partial charge on any atom is -0.497 e. The van der Waals surface area contributed by atoms with E-state index in [4.69, 9.17) is 14.2 Å². The van der Waals surface area contributed by atoms with E-state index in [0.717, 1.165) is 39.3 Å². The van der Waals surface area contributed by atoms with Gasteiger partial charge in [-0.05, 0) is 52.6 Å². The summed E-state index contributed by atoms with van der Waals surface area (Å²) in [5.74, 6) is 0.726. The highest BCUT2D eigenvalue weighted by atomic mass is 16.5. The molecule has 3 aromatic rings. The Morgan fingerprint density at radius 3 is 2.53 bits per heavy atom. The van der Waals surface area contributed by atoms with Crippen LogP contribution in [0.3, 0.4) is 0 Å². The van der Waals surface area contributed by atoms with Gasteiger partial charge in [-0.25, -0.2) is 0 Å². The lowest BCUT2D eigenvalue weighted by atomic mass is 9.99. The highest BCUT2D eigenvalue weighted by Crippen LogP contribution is 2.32. The fourth-order valence-corrected chi connectivity index (χ4v) is 3.74. The molecule has 4 rings (SSSR count). The zero-order valence-corrected chi connectivity index (χ0v) is 17.3. The van der Waals surface area contributed by atoms with Crippen LogP contribution in [0.4, 0.5) is 5.69 Å². The smallest absolute Gasteiger partial charge is 0.253 e. The Balaban J connectivity index is 1.67. The molecule has 154 valence electrons. The van der Waals surface area contributed by atoms with Crippen LogP contribution in [0.5, 0.6) is 5.75 Å². The van der Waals surface area contributed by atoms with Gasteiger partial charge in [0.15, 0.2) is 0 Å². The van der Waals surface area contributed by atoms with Gasteiger partial charge in [0.05, 0.1) is 26.9 Å². The van der Waals surface area contributed by atoms with Crippen LogP contribution >= 0.6 is 0 Å². The van der Waals surface area contributed by atoms with Gasteiger partial charge in [0.1, 0.15) is 12.4 Å². The fourth-order valence-electron chi connectivity index (χ4n) is 3.74. The van der Waals surface area contributed by atoms with Gasteiger partial charge >= 0.3 is 0 Å². The number of nitrogens with zero attached hydrogens (tertiary/aromatic N) is 1. The Kier molecular flexibility index (Phi) is 6.12. The third kappa shape index (κ3) is 4.37. The highest BCUT2D eigenvalue weighted by Gasteiger charge is 2.23. The second kappa shape index (κ2) is 9.11. The van der Waals surface area contributed by atoms with Crippen LogP contribution in [0.25, 0.3) is 11.1 Å². The molecule has 0 saturated carbocycles. The second-order valence-electron chi connectivity index (χ2n) is 7.30. The molecule has 0 atom stereocenters. The van der Waals surface area contributed by atoms with E-state index >= 15 is 0 Å². The van der Waals surface area contributed by atoms with Crippen molar-refractivity contribution in [2.24, 2.45) is 0 Å². The van der Waals surface area contributed by atoms with Crippen LogP contribution in [0.1, 0.15) is 16.7 Å². The summed E-state index contributed by atoms with van der Waals surface area (Å²) in [6, 6.07) is 22.3. The Hall–Kier alpha value is -3.15. The molecule has 0 N–H and O–H groups in total. The summed E-state index contributed by atoms with van der Waals surface area (Å²) in [6.07, 6.45) is 0. The number of anilines is 1. The van der Waals surface area contributed by atoms with Gasteiger partial charge in [-0.3, -0.25) is 4.79 Å². The van der Waals surface area contributed by atoms with E-state index in [9.17, 15) is 4.79 Å². The SMILES string of the molecule is COCc1cccc(-c2ccc3c(c2)COCC(=O)N3Cc2cccc(OC)c2)c1. The number of ether oxygens (including phenoxy) is 3. The third-order valence-electron chi connectivity index (χ3n) is 5.20. The van der Waals surface area contributed by atoms with E-state index in [1.807, 2.05) is 42.5 Å². The number of carbonyl (C=O) groups excluding carboxylic acids is 1. The number of carbonyl (C=O) groups is 1. The summed E-state index contributed by atoms with van der Waals surface area (Å²) in [4.78, 5) is 14.6. The van der Waals surface area contributed by atoms with Gasteiger partial charge in [0.25, 0.3) is 5.91 Å². The van der Waals surface area contributed by atoms with Crippen LogP contribution in [0.2, 0.25) is 0 Å². The Morgan fingerprint density at radius 1 is 0.900 bits per heavy atom. The number of fused-ring (bicyclic) bond motifs is 1. The normalized spacial score (nSPS) is 13.7. The lowest BCUT2D eigenvalue weighted by Crippen LogP contribution is -2.32. The maximum Gasteiger partial charge on any atom is 0.253 e. The molecule has 1 aliphatic heterocycles. The van der Waals surface area contributed by atoms with Gasteiger partial charge < -0.3 is 19.1 Å². The van der Waals surface area contributed by atoms with Crippen molar-refractivity contribution in [3.63, 3.8) is 0 Å². The summed E-state index contributed by atoms with van der Waals surface area (Å²) in [5.41, 5.74) is 6.21. The monoisotopic (exact) mass is 403 g/mol. The first-order chi connectivity index (χ1) is 14.7. The van der Waals surface area contributed by atoms with Crippen molar-refractivity contribution >= 4 is 11.6 Å². The van der Waals surface area contributed by atoms with Crippen LogP contribution in [0, 0.1) is 0 Å². The maximum atomic E-state index is 12.8. The van der Waals surface area contributed by atoms with Gasteiger partial charge in [-0.15, -0.1) is 0 Å². The number of hydrogen-bond donors (Lipinski definition) is 0. The molecule has 0 bridgehead atoms. The molecule has 1 amide bonds. The molecular formula is C25H25NO4. The summed E-state index contributed by atoms with van der Waals surface area (Å²) in [6.45, 7) is 1.51. The molecule has 0 spiro atoms. The molecule has 1 heterocycles. The van der Waals surface area contributed by atoms with Crippen molar-refractivity contribution in [1.82, 2.24) is 0 Å². The number of rotatable bonds is 6. The maximum absolute atomic E-state index is 12.8. The zero-order chi connectivity index (χ0) is 20.9. The molecule has 1 aliphatic rings. The molecule has 0 unspecified atom stereocenters. The van der Waals surface area contributed by atoms with Crippen LogP contribution in [-0.4, -0.2) is 26.7 Å². The molecule has 0 saturated heterocycles. The van der Waals surface area contributed by atoms with E-state index < -0.39 is 0 Å². The second-order valence-corrected chi connectivity index (χ2v) is 7.30. The topological polar surface area (TPSA) is 48.0 Å². The van der Waals surface area contributed by atoms with Crippen molar-refractivity contribution in [2.75, 3.05) is 25.7 Å². The van der Waals surface area contributed by atoms with Gasteiger partial charge in [-0.2, -0.15) is 0 Å². The molecule has 5 heteroatoms. The average molecular weight is 403 g/mol. The molecule has 0 fully saturated rings. The summed E-state index contributed by atoms with van der Waals surface area (Å²) in [5, 5.41) is 0. The summed E-state index contributed by atoms with van der Waals surface area (Å²) < 4.78 is 16.2. The number of hydrogen-bond acceptors (Lipinski definition) is 4. The van der Waals surface area contributed by atoms with Crippen LogP contribution < -0.4 is 9.64 Å². The molecule has 0 aliphatic carbocycles. The summed E-state index contributed by atoms with van der Waals surface area (Å²) >= 11 is 0. The first kappa shape index (κ1) is 20.1. The first-order valence-corrected chi connectivity index (χ1v) is 9.90. The van der Waals surface area contributed by atoms with E-state index in [0.29, 0.717) is 19.8 Å². The van der Waals surface area contributed by atoms with E-state index in [1.54, 1.807) is 19.1 Å². The largest absolute Gasteiger partial charge is 0.497 e. The summed E-state index contributed by atoms with van der Waals surface area (Å²) in [7, 11) is 3.34. The standard InChI is InChI=1S/C25H25NO4/c1-28-15-19-6-3-7-20(11-19)21-9-10-24-22(13-21)16-30-17-25(27)26(24)14-18-5-4-8-23(12-18)29-2/h3-13H,14-17H2,1-2H3. The minimum absolute atomic E-state index is 0.0496. The van der Waals surface area contributed by atoms with Crippen molar-refractivity contribution in [3.8, 4) is 16.9 Å². The van der Waals surface area contributed by atoms with Crippen LogP contribution in [0.15, 0.2) is 66.7 Å². The Labute approximate surface area is 176 Å². The fraction of sp³-hybridized carbons (Fsp3) is 0.240. The minimum atomic E-state index is -0.0496. The molecule has 0 radical (unpaired) electrons. The lowest BCUT2D eigenvalue weighted by Gasteiger charge is -2.23. The average Bonchev–Trinajstić information content (AvgIpc) is 2.92. The lowest BCUT2D eigenvalue weighted by molar-refractivity contribution is -0.123. The van der Waals surface area contributed by atoms with Crippen molar-refractivity contribution in [2.45, 2.75) is 19.8 Å². The van der Waals surface area contributed by atoms with Crippen LogP contribution in [-0.2, 0) is 34.0 Å². The van der Waals surface area contributed by atoms with E-state index in [1.165, 1.54) is 0 Å². The first-order valence-electron chi connectivity index (χ1n) is 9.90. The predicted molar refractivity (Wildman–Crippen MR) is 116 cm³/mol. The number of amides is 1. The molecule has 0 aromatic heterocycles. The Morgan fingerprint density at radius 2 is 1.70 bits per heavy atom. The quantitative estimate of drug-likeness (QED) is 0.605. The predicted octanol–water partition coefficient (Wildman–Crippen LogP) is 4.57. The third-order valence-corrected chi connectivity index (χ3v) is 5.20. The molecule has 30 heavy (non-hydrogen) atoms. The van der Waals surface area contributed by atoms with Crippen molar-refractivity contribution in [1.29, 1.82) is 0 Å². The molecule has 5 nitrogen and oxygen atoms in total. The van der Waals surface area contributed by atoms with Gasteiger partial charge in [-0.1, -0.05) is 36.4 Å². The zero-order valence-electron chi connectivity index (χ0n) is 17.3. The van der Waals surface area contributed by atoms with Crippen molar-refractivity contribution < 1.29 is 19.0 Å². The van der Waals surface area contributed by atoms with Gasteiger partial charge in [0, 0.05) is 18.4 Å². The van der Waals surface area contributed by atoms with E-state index in [2.05, 4.69) is 24.3 Å². The van der Waals surface area contributed by atoms with E-state index in [-0.39, 0.29) is 12.5 Å².